The maximum Gasteiger partial charge on any atom is 0.244 e. The molecular formula is C12H3F5N2S. The van der Waals surface area contributed by atoms with Crippen molar-refractivity contribution in [1.82, 2.24) is 10.2 Å². The molecule has 0 bridgehead atoms. The summed E-state index contributed by atoms with van der Waals surface area (Å²) >= 11 is 1.09. The maximum atomic E-state index is 13.9. The average Bonchev–Trinajstić information content (AvgIpc) is 2.96. The number of aromatic nitrogens is 2. The van der Waals surface area contributed by atoms with E-state index in [9.17, 15) is 22.0 Å². The fourth-order valence-corrected chi connectivity index (χ4v) is 2.54. The largest absolute Gasteiger partial charge is 0.244 e. The van der Waals surface area contributed by atoms with Crippen LogP contribution in [0.25, 0.3) is 21.3 Å². The van der Waals surface area contributed by atoms with E-state index < -0.39 is 40.0 Å². The van der Waals surface area contributed by atoms with Crippen molar-refractivity contribution in [3.8, 4) is 10.6 Å². The number of fused-ring (bicyclic) bond motifs is 1. The topological polar surface area (TPSA) is 25.8 Å². The van der Waals surface area contributed by atoms with Crippen molar-refractivity contribution in [3.63, 3.8) is 0 Å². The van der Waals surface area contributed by atoms with E-state index >= 15 is 0 Å². The molecule has 8 heteroatoms. The summed E-state index contributed by atoms with van der Waals surface area (Å²) in [4.78, 5) is 0.326. The summed E-state index contributed by atoms with van der Waals surface area (Å²) in [5.74, 6) is -9.13. The second-order valence-corrected chi connectivity index (χ2v) is 4.77. The van der Waals surface area contributed by atoms with E-state index in [0.717, 1.165) is 11.3 Å². The van der Waals surface area contributed by atoms with Crippen molar-refractivity contribution in [3.05, 3.63) is 46.7 Å². The molecule has 0 aliphatic carbocycles. The molecule has 102 valence electrons. The zero-order valence-electron chi connectivity index (χ0n) is 9.42. The van der Waals surface area contributed by atoms with Gasteiger partial charge in [0.15, 0.2) is 23.3 Å². The molecule has 0 atom stereocenters. The van der Waals surface area contributed by atoms with Crippen LogP contribution in [0.5, 0.6) is 0 Å². The molecule has 0 aliphatic heterocycles. The molecule has 0 spiro atoms. The molecule has 0 aliphatic rings. The first-order valence-electron chi connectivity index (χ1n) is 5.24. The van der Waals surface area contributed by atoms with Crippen LogP contribution in [0.2, 0.25) is 0 Å². The van der Waals surface area contributed by atoms with Crippen molar-refractivity contribution in [1.29, 1.82) is 0 Å². The highest BCUT2D eigenvalue weighted by atomic mass is 32.1. The number of rotatable bonds is 1. The molecule has 0 amide bonds. The van der Waals surface area contributed by atoms with Gasteiger partial charge in [-0.15, -0.1) is 21.5 Å². The van der Waals surface area contributed by atoms with Gasteiger partial charge < -0.3 is 0 Å². The first-order valence-corrected chi connectivity index (χ1v) is 6.12. The molecular weight excluding hydrogens is 299 g/mol. The van der Waals surface area contributed by atoms with Crippen LogP contribution in [0, 0.1) is 29.2 Å². The summed E-state index contributed by atoms with van der Waals surface area (Å²) in [6, 6.07) is 3.08. The third kappa shape index (κ3) is 1.68. The summed E-state index contributed by atoms with van der Waals surface area (Å²) in [5, 5.41) is 6.23. The Morgan fingerprint density at radius 3 is 2.05 bits per heavy atom. The Balaban J connectivity index is 2.55. The zero-order chi connectivity index (χ0) is 14.4. The SMILES string of the molecule is Fc1c(F)c(F)c2c(-c3cccs3)nnc(F)c2c1F. The van der Waals surface area contributed by atoms with Crippen molar-refractivity contribution in [2.24, 2.45) is 0 Å². The first-order chi connectivity index (χ1) is 9.52. The highest BCUT2D eigenvalue weighted by molar-refractivity contribution is 7.13. The van der Waals surface area contributed by atoms with Gasteiger partial charge in [0.05, 0.1) is 15.6 Å². The van der Waals surface area contributed by atoms with Crippen LogP contribution in [-0.4, -0.2) is 10.2 Å². The van der Waals surface area contributed by atoms with Crippen LogP contribution in [0.4, 0.5) is 22.0 Å². The van der Waals surface area contributed by atoms with Gasteiger partial charge in [0.1, 0.15) is 5.69 Å². The maximum absolute atomic E-state index is 13.9. The number of hydrogen-bond acceptors (Lipinski definition) is 3. The quantitative estimate of drug-likeness (QED) is 0.385. The number of benzene rings is 1. The van der Waals surface area contributed by atoms with Gasteiger partial charge in [0.2, 0.25) is 5.95 Å². The second kappa shape index (κ2) is 4.48. The monoisotopic (exact) mass is 302 g/mol. The van der Waals surface area contributed by atoms with Crippen LogP contribution in [0.15, 0.2) is 17.5 Å². The van der Waals surface area contributed by atoms with Gasteiger partial charge in [-0.25, -0.2) is 17.6 Å². The molecule has 20 heavy (non-hydrogen) atoms. The predicted molar refractivity (Wildman–Crippen MR) is 62.6 cm³/mol. The minimum atomic E-state index is -2.08. The van der Waals surface area contributed by atoms with Gasteiger partial charge in [-0.05, 0) is 11.4 Å². The van der Waals surface area contributed by atoms with Gasteiger partial charge in [-0.2, -0.15) is 4.39 Å². The molecule has 0 saturated heterocycles. The Morgan fingerprint density at radius 1 is 0.800 bits per heavy atom. The molecule has 2 heterocycles. The lowest BCUT2D eigenvalue weighted by atomic mass is 10.1. The summed E-state index contributed by atoms with van der Waals surface area (Å²) in [7, 11) is 0. The molecule has 3 rings (SSSR count). The Labute approximate surface area is 112 Å². The van der Waals surface area contributed by atoms with Crippen LogP contribution in [0.1, 0.15) is 0 Å². The van der Waals surface area contributed by atoms with Crippen LogP contribution >= 0.6 is 11.3 Å². The Morgan fingerprint density at radius 2 is 1.45 bits per heavy atom. The summed E-state index contributed by atoms with van der Waals surface area (Å²) < 4.78 is 67.5. The van der Waals surface area contributed by atoms with Gasteiger partial charge in [-0.1, -0.05) is 6.07 Å². The van der Waals surface area contributed by atoms with E-state index in [2.05, 4.69) is 10.2 Å². The Bertz CT molecular complexity index is 817. The second-order valence-electron chi connectivity index (χ2n) is 3.82. The van der Waals surface area contributed by atoms with Crippen molar-refractivity contribution >= 4 is 22.1 Å². The normalized spacial score (nSPS) is 11.2. The number of thiophene rings is 1. The molecule has 0 radical (unpaired) electrons. The highest BCUT2D eigenvalue weighted by Crippen LogP contribution is 2.35. The number of nitrogens with zero attached hydrogens (tertiary/aromatic N) is 2. The van der Waals surface area contributed by atoms with Crippen molar-refractivity contribution in [2.45, 2.75) is 0 Å². The van der Waals surface area contributed by atoms with Gasteiger partial charge in [-0.3, -0.25) is 0 Å². The van der Waals surface area contributed by atoms with E-state index in [1.165, 1.54) is 6.07 Å². The summed E-state index contributed by atoms with van der Waals surface area (Å²) in [6.45, 7) is 0. The van der Waals surface area contributed by atoms with Crippen molar-refractivity contribution in [2.75, 3.05) is 0 Å². The van der Waals surface area contributed by atoms with Crippen LogP contribution < -0.4 is 0 Å². The molecule has 0 saturated carbocycles. The Hall–Kier alpha value is -2.09. The molecule has 3 aromatic rings. The molecule has 0 N–H and O–H groups in total. The van der Waals surface area contributed by atoms with E-state index in [4.69, 9.17) is 0 Å². The average molecular weight is 302 g/mol. The van der Waals surface area contributed by atoms with Gasteiger partial charge in [0.25, 0.3) is 0 Å². The fraction of sp³-hybridized carbons (Fsp3) is 0. The lowest BCUT2D eigenvalue weighted by Crippen LogP contribution is -2.04. The smallest absolute Gasteiger partial charge is 0.203 e. The summed E-state index contributed by atoms with van der Waals surface area (Å²) in [6.07, 6.45) is 0. The molecule has 2 aromatic heterocycles. The van der Waals surface area contributed by atoms with E-state index in [1.807, 2.05) is 0 Å². The third-order valence-corrected chi connectivity index (χ3v) is 3.58. The number of hydrogen-bond donors (Lipinski definition) is 0. The zero-order valence-corrected chi connectivity index (χ0v) is 10.2. The molecule has 0 fully saturated rings. The van der Waals surface area contributed by atoms with E-state index in [0.29, 0.717) is 4.88 Å². The first kappa shape index (κ1) is 12.9. The summed E-state index contributed by atoms with van der Waals surface area (Å²) in [5.41, 5.74) is -0.244. The minimum Gasteiger partial charge on any atom is -0.203 e. The molecule has 2 nitrogen and oxygen atoms in total. The predicted octanol–water partition coefficient (Wildman–Crippen LogP) is 4.05. The standard InChI is InChI=1S/C12H3F5N2S/c13-7-5-6(8(14)10(16)9(7)15)12(17)19-18-11(5)4-2-1-3-20-4/h1-3H. The van der Waals surface area contributed by atoms with Crippen molar-refractivity contribution < 1.29 is 22.0 Å². The highest BCUT2D eigenvalue weighted by Gasteiger charge is 2.27. The van der Waals surface area contributed by atoms with E-state index in [-0.39, 0.29) is 5.69 Å². The van der Waals surface area contributed by atoms with E-state index in [1.54, 1.807) is 11.4 Å². The van der Waals surface area contributed by atoms with Crippen LogP contribution in [0.3, 0.4) is 0 Å². The number of halogens is 5. The minimum absolute atomic E-state index is 0.244. The lowest BCUT2D eigenvalue weighted by molar-refractivity contribution is 0.415. The fourth-order valence-electron chi connectivity index (χ4n) is 1.83. The molecule has 1 aromatic carbocycles. The van der Waals surface area contributed by atoms with Gasteiger partial charge in [0, 0.05) is 0 Å². The van der Waals surface area contributed by atoms with Crippen LogP contribution in [-0.2, 0) is 0 Å². The van der Waals surface area contributed by atoms with Gasteiger partial charge >= 0.3 is 0 Å². The Kier molecular flexibility index (Phi) is 2.89. The third-order valence-electron chi connectivity index (χ3n) is 2.70. The lowest BCUT2D eigenvalue weighted by Gasteiger charge is -2.08. The molecule has 0 unspecified atom stereocenters.